The van der Waals surface area contributed by atoms with Crippen LogP contribution in [-0.4, -0.2) is 20.7 Å². The molecule has 4 fully saturated rings. The molecule has 1 heterocycles. The van der Waals surface area contributed by atoms with Gasteiger partial charge in [0.1, 0.15) is 6.33 Å². The van der Waals surface area contributed by atoms with Crippen molar-refractivity contribution in [1.82, 2.24) is 14.8 Å². The monoisotopic (exact) mass is 468 g/mol. The van der Waals surface area contributed by atoms with Crippen LogP contribution in [0.5, 0.6) is 0 Å². The van der Waals surface area contributed by atoms with E-state index in [1.54, 1.807) is 18.2 Å². The molecule has 0 saturated heterocycles. The molecule has 2 aromatic rings. The Hall–Kier alpha value is -1.11. The number of carbonyl (C=O) groups is 1. The lowest BCUT2D eigenvalue weighted by molar-refractivity contribution is -0.150. The van der Waals surface area contributed by atoms with E-state index in [0.717, 1.165) is 32.1 Å². The van der Waals surface area contributed by atoms with Crippen molar-refractivity contribution in [2.45, 2.75) is 44.1 Å². The van der Waals surface area contributed by atoms with E-state index in [0.29, 0.717) is 32.3 Å². The standard InChI is InChI=1S/C19H19BrCl2N4O/c20-17-23-10-26(25-17)19-7-11-3-12(8-19)6-18(5-11,9-19)16(27)24-13-1-2-14(21)15(22)4-13/h1-2,4,10-12H,3,5-9H2,(H,24,27)/t11-,12-,18?,19?/m1/s1. The lowest BCUT2D eigenvalue weighted by Gasteiger charge is -2.60. The van der Waals surface area contributed by atoms with Crippen LogP contribution >= 0.6 is 39.1 Å². The van der Waals surface area contributed by atoms with Gasteiger partial charge < -0.3 is 5.32 Å². The van der Waals surface area contributed by atoms with Gasteiger partial charge in [-0.25, -0.2) is 9.67 Å². The summed E-state index contributed by atoms with van der Waals surface area (Å²) in [7, 11) is 0. The fraction of sp³-hybridized carbons (Fsp3) is 0.526. The highest BCUT2D eigenvalue weighted by Crippen LogP contribution is 2.64. The Labute approximate surface area is 175 Å². The zero-order valence-electron chi connectivity index (χ0n) is 14.6. The molecule has 8 heteroatoms. The van der Waals surface area contributed by atoms with Gasteiger partial charge in [-0.05, 0) is 84.5 Å². The number of benzene rings is 1. The summed E-state index contributed by atoms with van der Waals surface area (Å²) in [6.45, 7) is 0. The highest BCUT2D eigenvalue weighted by Gasteiger charge is 2.61. The summed E-state index contributed by atoms with van der Waals surface area (Å²) < 4.78 is 2.61. The molecule has 4 bridgehead atoms. The predicted octanol–water partition coefficient (Wildman–Crippen LogP) is 5.28. The van der Waals surface area contributed by atoms with E-state index in [2.05, 4.69) is 31.3 Å². The molecule has 1 aromatic heterocycles. The number of aromatic nitrogens is 3. The van der Waals surface area contributed by atoms with Crippen molar-refractivity contribution >= 4 is 50.7 Å². The van der Waals surface area contributed by atoms with E-state index in [-0.39, 0.29) is 16.9 Å². The fourth-order valence-corrected chi connectivity index (χ4v) is 6.62. The molecular formula is C19H19BrCl2N4O. The average molecular weight is 470 g/mol. The fourth-order valence-electron chi connectivity index (χ4n) is 6.06. The summed E-state index contributed by atoms with van der Waals surface area (Å²) in [6, 6.07) is 5.23. The van der Waals surface area contributed by atoms with Crippen LogP contribution in [0.25, 0.3) is 0 Å². The Bertz CT molecular complexity index is 916. The van der Waals surface area contributed by atoms with Gasteiger partial charge in [0.05, 0.1) is 21.0 Å². The molecule has 1 aromatic carbocycles. The molecule has 0 unspecified atom stereocenters. The van der Waals surface area contributed by atoms with Crippen LogP contribution in [0.1, 0.15) is 38.5 Å². The quantitative estimate of drug-likeness (QED) is 0.664. The molecule has 27 heavy (non-hydrogen) atoms. The first kappa shape index (κ1) is 18.0. The van der Waals surface area contributed by atoms with Crippen LogP contribution in [-0.2, 0) is 10.3 Å². The van der Waals surface area contributed by atoms with Gasteiger partial charge in [-0.2, -0.15) is 0 Å². The number of carbonyl (C=O) groups excluding carboxylic acids is 1. The normalized spacial score (nSPS) is 34.0. The first-order valence-electron chi connectivity index (χ1n) is 9.22. The second-order valence-electron chi connectivity index (χ2n) is 8.51. The lowest BCUT2D eigenvalue weighted by atomic mass is 9.46. The van der Waals surface area contributed by atoms with Crippen molar-refractivity contribution in [1.29, 1.82) is 0 Å². The van der Waals surface area contributed by atoms with Gasteiger partial charge in [-0.1, -0.05) is 23.2 Å². The minimum atomic E-state index is -0.353. The minimum absolute atomic E-state index is 0.0959. The van der Waals surface area contributed by atoms with Gasteiger partial charge in [-0.15, -0.1) is 5.10 Å². The molecule has 5 nitrogen and oxygen atoms in total. The minimum Gasteiger partial charge on any atom is -0.326 e. The van der Waals surface area contributed by atoms with Crippen molar-refractivity contribution in [2.75, 3.05) is 5.32 Å². The van der Waals surface area contributed by atoms with Crippen LogP contribution in [0, 0.1) is 17.3 Å². The molecular weight excluding hydrogens is 451 g/mol. The van der Waals surface area contributed by atoms with Gasteiger partial charge in [0, 0.05) is 5.69 Å². The van der Waals surface area contributed by atoms with Gasteiger partial charge in [0.15, 0.2) is 0 Å². The Balaban J connectivity index is 1.46. The van der Waals surface area contributed by atoms with E-state index >= 15 is 0 Å². The third-order valence-electron chi connectivity index (χ3n) is 6.64. The van der Waals surface area contributed by atoms with Crippen LogP contribution in [0.15, 0.2) is 29.3 Å². The van der Waals surface area contributed by atoms with E-state index in [1.807, 2.05) is 11.0 Å². The zero-order chi connectivity index (χ0) is 18.8. The summed E-state index contributed by atoms with van der Waals surface area (Å²) in [6.07, 6.45) is 7.92. The maximum atomic E-state index is 13.4. The Morgan fingerprint density at radius 2 is 1.93 bits per heavy atom. The highest BCUT2D eigenvalue weighted by atomic mass is 79.9. The van der Waals surface area contributed by atoms with E-state index in [1.165, 1.54) is 6.42 Å². The number of amides is 1. The molecule has 4 aliphatic rings. The SMILES string of the molecule is O=C(Nc1ccc(Cl)c(Cl)c1)C12C[C@H]3C[C@H](C1)CC(n1cnc(Br)n1)(C3)C2. The smallest absolute Gasteiger partial charge is 0.230 e. The van der Waals surface area contributed by atoms with Gasteiger partial charge in [0.2, 0.25) is 10.6 Å². The molecule has 0 radical (unpaired) electrons. The van der Waals surface area contributed by atoms with Gasteiger partial charge >= 0.3 is 0 Å². The molecule has 0 spiro atoms. The van der Waals surface area contributed by atoms with Crippen molar-refractivity contribution in [3.8, 4) is 0 Å². The lowest BCUT2D eigenvalue weighted by Crippen LogP contribution is -2.60. The molecule has 1 N–H and O–H groups in total. The number of hydrogen-bond donors (Lipinski definition) is 1. The van der Waals surface area contributed by atoms with Crippen LogP contribution in [0.4, 0.5) is 5.69 Å². The maximum Gasteiger partial charge on any atom is 0.230 e. The molecule has 6 rings (SSSR count). The summed E-state index contributed by atoms with van der Waals surface area (Å²) in [5.74, 6) is 1.22. The van der Waals surface area contributed by atoms with E-state index < -0.39 is 0 Å². The molecule has 0 aliphatic heterocycles. The summed E-state index contributed by atoms with van der Waals surface area (Å²) >= 11 is 15.5. The largest absolute Gasteiger partial charge is 0.326 e. The number of anilines is 1. The third kappa shape index (κ3) is 2.91. The van der Waals surface area contributed by atoms with Gasteiger partial charge in [0.25, 0.3) is 0 Å². The highest BCUT2D eigenvalue weighted by molar-refractivity contribution is 9.10. The van der Waals surface area contributed by atoms with Crippen molar-refractivity contribution in [3.05, 3.63) is 39.3 Å². The third-order valence-corrected chi connectivity index (χ3v) is 7.74. The predicted molar refractivity (Wildman–Crippen MR) is 108 cm³/mol. The summed E-state index contributed by atoms with van der Waals surface area (Å²) in [5, 5.41) is 8.59. The van der Waals surface area contributed by atoms with Gasteiger partial charge in [-0.3, -0.25) is 4.79 Å². The molecule has 4 aliphatic carbocycles. The number of rotatable bonds is 3. The first-order chi connectivity index (χ1) is 12.9. The number of hydrogen-bond acceptors (Lipinski definition) is 3. The molecule has 1 amide bonds. The van der Waals surface area contributed by atoms with Crippen molar-refractivity contribution in [2.24, 2.45) is 17.3 Å². The zero-order valence-corrected chi connectivity index (χ0v) is 17.7. The second-order valence-corrected chi connectivity index (χ2v) is 10.0. The number of nitrogens with one attached hydrogen (secondary N) is 1. The van der Waals surface area contributed by atoms with Crippen molar-refractivity contribution < 1.29 is 4.79 Å². The maximum absolute atomic E-state index is 13.4. The van der Waals surface area contributed by atoms with E-state index in [9.17, 15) is 4.79 Å². The Morgan fingerprint density at radius 3 is 2.56 bits per heavy atom. The topological polar surface area (TPSA) is 59.8 Å². The number of nitrogens with zero attached hydrogens (tertiary/aromatic N) is 3. The Kier molecular flexibility index (Phi) is 4.12. The van der Waals surface area contributed by atoms with Crippen LogP contribution < -0.4 is 5.32 Å². The second kappa shape index (κ2) is 6.19. The Morgan fingerprint density at radius 1 is 1.19 bits per heavy atom. The van der Waals surface area contributed by atoms with Crippen LogP contribution in [0.3, 0.4) is 0 Å². The summed E-state index contributed by atoms with van der Waals surface area (Å²) in [5.41, 5.74) is 0.245. The molecule has 4 saturated carbocycles. The summed E-state index contributed by atoms with van der Waals surface area (Å²) in [4.78, 5) is 17.7. The first-order valence-corrected chi connectivity index (χ1v) is 10.8. The number of halogens is 3. The van der Waals surface area contributed by atoms with Crippen LogP contribution in [0.2, 0.25) is 10.0 Å². The van der Waals surface area contributed by atoms with E-state index in [4.69, 9.17) is 23.2 Å². The molecule has 2 atom stereocenters. The average Bonchev–Trinajstić information content (AvgIpc) is 3.04. The van der Waals surface area contributed by atoms with Crippen molar-refractivity contribution in [3.63, 3.8) is 0 Å². The molecule has 142 valence electrons.